The molecule has 3 rings (SSSR count). The van der Waals surface area contributed by atoms with Crippen molar-refractivity contribution >= 4 is 46.5 Å². The highest BCUT2D eigenvalue weighted by molar-refractivity contribution is 5.95. The number of hydrogen-bond acceptors (Lipinski definition) is 7. The molecule has 4 unspecified atom stereocenters. The summed E-state index contributed by atoms with van der Waals surface area (Å²) in [6.45, 7) is 0.616. The maximum absolute atomic E-state index is 13.1. The lowest BCUT2D eigenvalue weighted by Crippen LogP contribution is -2.57. The highest BCUT2D eigenvalue weighted by Crippen LogP contribution is 2.19. The lowest BCUT2D eigenvalue weighted by atomic mass is 10.0. The smallest absolute Gasteiger partial charge is 0.326 e. The Balaban J connectivity index is 1.74. The fraction of sp³-hybridized carbons (Fsp3) is 0.462. The van der Waals surface area contributed by atoms with E-state index in [4.69, 9.17) is 10.2 Å². The number of carbonyl (C=O) groups excluding carboxylic acids is 3. The Kier molecular flexibility index (Phi) is 10.6. The Morgan fingerprint density at radius 2 is 1.45 bits per heavy atom. The summed E-state index contributed by atoms with van der Waals surface area (Å²) in [6.07, 6.45) is 1.23. The second-order valence-corrected chi connectivity index (χ2v) is 9.60. The number of nitrogens with one attached hydrogen (secondary N) is 5. The van der Waals surface area contributed by atoms with Crippen molar-refractivity contribution in [1.29, 1.82) is 0 Å². The van der Waals surface area contributed by atoms with E-state index in [-0.39, 0.29) is 19.3 Å². The molecule has 0 spiro atoms. The van der Waals surface area contributed by atoms with E-state index < -0.39 is 72.6 Å². The second-order valence-electron chi connectivity index (χ2n) is 9.60. The van der Waals surface area contributed by atoms with Gasteiger partial charge in [-0.15, -0.1) is 0 Å². The Morgan fingerprint density at radius 1 is 0.850 bits per heavy atom. The summed E-state index contributed by atoms with van der Waals surface area (Å²) >= 11 is 0. The highest BCUT2D eigenvalue weighted by Gasteiger charge is 2.32. The van der Waals surface area contributed by atoms with E-state index in [1.807, 2.05) is 12.1 Å². The van der Waals surface area contributed by atoms with Gasteiger partial charge in [0.2, 0.25) is 17.7 Å². The van der Waals surface area contributed by atoms with Crippen LogP contribution in [0.15, 0.2) is 30.5 Å². The van der Waals surface area contributed by atoms with Crippen LogP contribution in [0.3, 0.4) is 0 Å². The number of fused-ring (bicyclic) bond motifs is 1. The first-order valence-corrected chi connectivity index (χ1v) is 12.9. The van der Waals surface area contributed by atoms with Gasteiger partial charge in [0.1, 0.15) is 18.1 Å². The van der Waals surface area contributed by atoms with E-state index in [1.165, 1.54) is 0 Å². The number of benzene rings is 1. The lowest BCUT2D eigenvalue weighted by molar-refractivity contribution is -0.143. The molecule has 0 radical (unpaired) electrons. The van der Waals surface area contributed by atoms with E-state index in [1.54, 1.807) is 18.3 Å². The molecule has 14 heteroatoms. The van der Waals surface area contributed by atoms with Gasteiger partial charge >= 0.3 is 17.9 Å². The summed E-state index contributed by atoms with van der Waals surface area (Å²) in [5, 5.41) is 39.0. The van der Waals surface area contributed by atoms with Crippen LogP contribution in [-0.4, -0.2) is 86.6 Å². The van der Waals surface area contributed by atoms with Gasteiger partial charge in [0.05, 0.1) is 6.04 Å². The molecular formula is C26H33N5O9. The quantitative estimate of drug-likeness (QED) is 0.142. The van der Waals surface area contributed by atoms with Crippen molar-refractivity contribution < 1.29 is 44.1 Å². The van der Waals surface area contributed by atoms with Crippen molar-refractivity contribution in [1.82, 2.24) is 26.3 Å². The first-order chi connectivity index (χ1) is 19.0. The van der Waals surface area contributed by atoms with Gasteiger partial charge in [-0.05, 0) is 43.9 Å². The molecule has 1 saturated heterocycles. The van der Waals surface area contributed by atoms with Gasteiger partial charge in [0.15, 0.2) is 0 Å². The molecule has 8 N–H and O–H groups in total. The molecule has 1 fully saturated rings. The number of aromatic amines is 1. The maximum atomic E-state index is 13.1. The molecule has 0 bridgehead atoms. The number of carboxylic acids is 3. The highest BCUT2D eigenvalue weighted by atomic mass is 16.4. The average molecular weight is 560 g/mol. The van der Waals surface area contributed by atoms with Gasteiger partial charge in [-0.25, -0.2) is 4.79 Å². The number of aliphatic carboxylic acids is 3. The second kappa shape index (κ2) is 14.1. The third-order valence-electron chi connectivity index (χ3n) is 6.65. The van der Waals surface area contributed by atoms with Crippen LogP contribution in [0.25, 0.3) is 10.9 Å². The van der Waals surface area contributed by atoms with Crippen LogP contribution in [0.2, 0.25) is 0 Å². The number of carboxylic acid groups (broad SMARTS) is 3. The molecule has 1 aliphatic rings. The molecule has 1 aromatic carbocycles. The Labute approximate surface area is 228 Å². The van der Waals surface area contributed by atoms with Crippen molar-refractivity contribution in [2.24, 2.45) is 0 Å². The predicted molar refractivity (Wildman–Crippen MR) is 140 cm³/mol. The molecule has 1 aliphatic heterocycles. The summed E-state index contributed by atoms with van der Waals surface area (Å²) in [4.78, 5) is 76.2. The number of rotatable bonds is 15. The molecule has 0 aliphatic carbocycles. The van der Waals surface area contributed by atoms with Crippen molar-refractivity contribution in [2.75, 3.05) is 6.54 Å². The minimum atomic E-state index is -1.46. The molecule has 14 nitrogen and oxygen atoms in total. The van der Waals surface area contributed by atoms with E-state index in [0.717, 1.165) is 17.3 Å². The lowest BCUT2D eigenvalue weighted by Gasteiger charge is -2.25. The molecule has 2 aromatic rings. The van der Waals surface area contributed by atoms with Crippen LogP contribution >= 0.6 is 0 Å². The standard InChI is InChI=1S/C26H33N5O9/c32-21(33)9-7-18(29-23(36)17-6-3-11-27-17)24(37)30-19(8-10-22(34)35)25(38)31-20(26(39)40)12-14-13-28-16-5-2-1-4-15(14)16/h1-2,4-5,13,17-20,27-28H,3,6-12H2,(H,29,36)(H,30,37)(H,31,38)(H,32,33)(H,34,35)(H,39,40). The van der Waals surface area contributed by atoms with Crippen LogP contribution in [0.4, 0.5) is 0 Å². The van der Waals surface area contributed by atoms with E-state index in [0.29, 0.717) is 18.5 Å². The zero-order chi connectivity index (χ0) is 29.2. The molecule has 40 heavy (non-hydrogen) atoms. The van der Waals surface area contributed by atoms with Crippen LogP contribution in [0.1, 0.15) is 44.1 Å². The Hall–Kier alpha value is -4.46. The summed E-state index contributed by atoms with van der Waals surface area (Å²) in [5.41, 5.74) is 1.41. The van der Waals surface area contributed by atoms with E-state index in [9.17, 15) is 33.9 Å². The van der Waals surface area contributed by atoms with Gasteiger partial charge in [-0.1, -0.05) is 18.2 Å². The number of H-pyrrole nitrogens is 1. The number of para-hydroxylation sites is 1. The Bertz CT molecular complexity index is 1250. The van der Waals surface area contributed by atoms with Gasteiger partial charge in [0, 0.05) is 36.4 Å². The van der Waals surface area contributed by atoms with Crippen molar-refractivity contribution in [3.8, 4) is 0 Å². The molecule has 4 atom stereocenters. The zero-order valence-corrected chi connectivity index (χ0v) is 21.6. The minimum Gasteiger partial charge on any atom is -0.481 e. The fourth-order valence-corrected chi connectivity index (χ4v) is 4.52. The van der Waals surface area contributed by atoms with Gasteiger partial charge < -0.3 is 41.6 Å². The average Bonchev–Trinajstić information content (AvgIpc) is 3.59. The van der Waals surface area contributed by atoms with Crippen molar-refractivity contribution in [3.63, 3.8) is 0 Å². The van der Waals surface area contributed by atoms with Gasteiger partial charge in [-0.2, -0.15) is 0 Å². The number of hydrogen-bond donors (Lipinski definition) is 8. The zero-order valence-electron chi connectivity index (χ0n) is 21.6. The van der Waals surface area contributed by atoms with Crippen molar-refractivity contribution in [2.45, 2.75) is 69.1 Å². The molecule has 3 amide bonds. The third kappa shape index (κ3) is 8.53. The first kappa shape index (κ1) is 30.1. The number of amides is 3. The number of aromatic nitrogens is 1. The number of carbonyl (C=O) groups is 6. The molecule has 1 aromatic heterocycles. The van der Waals surface area contributed by atoms with Crippen LogP contribution in [0.5, 0.6) is 0 Å². The molecular weight excluding hydrogens is 526 g/mol. The molecule has 2 heterocycles. The van der Waals surface area contributed by atoms with Crippen LogP contribution in [0, 0.1) is 0 Å². The van der Waals surface area contributed by atoms with Gasteiger partial charge in [0.25, 0.3) is 0 Å². The SMILES string of the molecule is O=C(O)CCC(NC(=O)C(CCC(=O)O)NC(=O)C1CCCN1)C(=O)NC(Cc1c[nH]c2ccccc12)C(=O)O. The first-order valence-electron chi connectivity index (χ1n) is 12.9. The van der Waals surface area contributed by atoms with Gasteiger partial charge in [-0.3, -0.25) is 24.0 Å². The monoisotopic (exact) mass is 559 g/mol. The van der Waals surface area contributed by atoms with Crippen molar-refractivity contribution in [3.05, 3.63) is 36.0 Å². The summed E-state index contributed by atoms with van der Waals surface area (Å²) in [7, 11) is 0. The third-order valence-corrected chi connectivity index (χ3v) is 6.65. The predicted octanol–water partition coefficient (Wildman–Crippen LogP) is -0.269. The van der Waals surface area contributed by atoms with Crippen LogP contribution in [-0.2, 0) is 35.2 Å². The maximum Gasteiger partial charge on any atom is 0.326 e. The summed E-state index contributed by atoms with van der Waals surface area (Å²) in [5.74, 6) is -6.10. The summed E-state index contributed by atoms with van der Waals surface area (Å²) < 4.78 is 0. The van der Waals surface area contributed by atoms with Crippen LogP contribution < -0.4 is 21.3 Å². The summed E-state index contributed by atoms with van der Waals surface area (Å²) in [6, 6.07) is 2.49. The fourth-order valence-electron chi connectivity index (χ4n) is 4.52. The Morgan fingerprint density at radius 3 is 2.02 bits per heavy atom. The normalized spacial score (nSPS) is 16.9. The largest absolute Gasteiger partial charge is 0.481 e. The van der Waals surface area contributed by atoms with E-state index in [2.05, 4.69) is 26.3 Å². The van der Waals surface area contributed by atoms with E-state index >= 15 is 0 Å². The molecule has 216 valence electrons. The topological polar surface area (TPSA) is 227 Å². The minimum absolute atomic E-state index is 0.0869. The molecule has 0 saturated carbocycles.